The number of para-hydroxylation sites is 2. The molecule has 160 valence electrons. The summed E-state index contributed by atoms with van der Waals surface area (Å²) in [6.45, 7) is 6.88. The molecule has 1 aromatic heterocycles. The van der Waals surface area contributed by atoms with Crippen LogP contribution in [0.1, 0.15) is 52.5 Å². The van der Waals surface area contributed by atoms with Crippen LogP contribution < -0.4 is 4.90 Å². The van der Waals surface area contributed by atoms with Crippen LogP contribution in [-0.2, 0) is 14.3 Å². The Bertz CT molecular complexity index is 962. The lowest BCUT2D eigenvalue weighted by atomic mass is 9.79. The fourth-order valence-electron chi connectivity index (χ4n) is 4.76. The van der Waals surface area contributed by atoms with E-state index in [0.29, 0.717) is 18.4 Å². The topological polar surface area (TPSA) is 64.4 Å². The Balaban J connectivity index is 1.89. The van der Waals surface area contributed by atoms with Crippen molar-refractivity contribution in [1.29, 1.82) is 0 Å². The zero-order chi connectivity index (χ0) is 21.3. The Hall–Kier alpha value is -2.63. The number of rotatable bonds is 6. The molecule has 0 N–H and O–H groups in total. The lowest BCUT2D eigenvalue weighted by Gasteiger charge is -2.41. The van der Waals surface area contributed by atoms with E-state index in [2.05, 4.69) is 30.6 Å². The minimum atomic E-state index is -0.835. The van der Waals surface area contributed by atoms with Crippen LogP contribution in [0.4, 0.5) is 5.95 Å². The highest BCUT2D eigenvalue weighted by molar-refractivity contribution is 6.08. The van der Waals surface area contributed by atoms with Gasteiger partial charge in [-0.3, -0.25) is 14.5 Å². The molecule has 2 aliphatic rings. The molecule has 2 aromatic rings. The molecular weight excluding hydrogens is 378 g/mol. The number of aromatic nitrogens is 2. The molecule has 0 radical (unpaired) electrons. The van der Waals surface area contributed by atoms with Crippen LogP contribution in [-0.4, -0.2) is 34.6 Å². The molecule has 0 bridgehead atoms. The quantitative estimate of drug-likeness (QED) is 0.400. The molecule has 1 aromatic carbocycles. The van der Waals surface area contributed by atoms with Crippen molar-refractivity contribution < 1.29 is 14.3 Å². The Labute approximate surface area is 177 Å². The van der Waals surface area contributed by atoms with Gasteiger partial charge in [-0.05, 0) is 56.6 Å². The number of hydrogen-bond acceptors (Lipinski definition) is 4. The normalized spacial score (nSPS) is 23.8. The van der Waals surface area contributed by atoms with E-state index in [9.17, 15) is 9.59 Å². The Morgan fingerprint density at radius 2 is 2.07 bits per heavy atom. The lowest BCUT2D eigenvalue weighted by molar-refractivity contribution is -0.155. The van der Waals surface area contributed by atoms with Crippen molar-refractivity contribution in [3.63, 3.8) is 0 Å². The van der Waals surface area contributed by atoms with E-state index in [0.717, 1.165) is 36.7 Å². The smallest absolute Gasteiger partial charge is 0.320 e. The fraction of sp³-hybridized carbons (Fsp3) is 0.542. The van der Waals surface area contributed by atoms with E-state index < -0.39 is 11.9 Å². The van der Waals surface area contributed by atoms with Gasteiger partial charge in [0.2, 0.25) is 11.9 Å². The van der Waals surface area contributed by atoms with Crippen LogP contribution in [0.2, 0.25) is 0 Å². The highest BCUT2D eigenvalue weighted by atomic mass is 16.5. The molecule has 6 nitrogen and oxygen atoms in total. The van der Waals surface area contributed by atoms with Crippen molar-refractivity contribution in [2.45, 2.75) is 52.5 Å². The van der Waals surface area contributed by atoms with Gasteiger partial charge in [0, 0.05) is 6.54 Å². The summed E-state index contributed by atoms with van der Waals surface area (Å²) in [5, 5.41) is 0. The van der Waals surface area contributed by atoms with E-state index in [-0.39, 0.29) is 24.5 Å². The summed E-state index contributed by atoms with van der Waals surface area (Å²) in [6.07, 6.45) is 7.96. The minimum absolute atomic E-state index is 0.170. The molecule has 6 heteroatoms. The van der Waals surface area contributed by atoms with Crippen molar-refractivity contribution in [2.75, 3.05) is 18.1 Å². The van der Waals surface area contributed by atoms with Crippen LogP contribution in [0.3, 0.4) is 0 Å². The molecule has 0 spiro atoms. The average molecular weight is 410 g/mol. The van der Waals surface area contributed by atoms with Gasteiger partial charge in [0.15, 0.2) is 5.92 Å². The van der Waals surface area contributed by atoms with Gasteiger partial charge in [0.1, 0.15) is 0 Å². The molecule has 0 fully saturated rings. The highest BCUT2D eigenvalue weighted by Crippen LogP contribution is 2.44. The largest absolute Gasteiger partial charge is 0.465 e. The molecule has 4 rings (SSSR count). The van der Waals surface area contributed by atoms with Gasteiger partial charge < -0.3 is 9.30 Å². The number of nitrogens with zero attached hydrogens (tertiary/aromatic N) is 3. The second kappa shape index (κ2) is 8.62. The first-order valence-electron chi connectivity index (χ1n) is 11.1. The molecule has 1 aliphatic carbocycles. The first kappa shape index (κ1) is 20.6. The Morgan fingerprint density at radius 3 is 2.77 bits per heavy atom. The maximum absolute atomic E-state index is 13.7. The van der Waals surface area contributed by atoms with Gasteiger partial charge >= 0.3 is 5.97 Å². The van der Waals surface area contributed by atoms with Gasteiger partial charge in [0.05, 0.1) is 23.7 Å². The van der Waals surface area contributed by atoms with Gasteiger partial charge in [-0.15, -0.1) is 0 Å². The fourth-order valence-corrected chi connectivity index (χ4v) is 4.76. The van der Waals surface area contributed by atoms with Crippen LogP contribution in [0, 0.1) is 17.8 Å². The molecule has 2 heterocycles. The Morgan fingerprint density at radius 1 is 1.27 bits per heavy atom. The zero-order valence-corrected chi connectivity index (χ0v) is 18.1. The van der Waals surface area contributed by atoms with Crippen LogP contribution in [0.15, 0.2) is 36.4 Å². The van der Waals surface area contributed by atoms with Gasteiger partial charge in [0.25, 0.3) is 0 Å². The second-order valence-electron chi connectivity index (χ2n) is 8.71. The average Bonchev–Trinajstić information content (AvgIpc) is 3.12. The van der Waals surface area contributed by atoms with Crippen LogP contribution >= 0.6 is 0 Å². The van der Waals surface area contributed by atoms with E-state index in [1.807, 2.05) is 24.3 Å². The van der Waals surface area contributed by atoms with E-state index in [1.165, 1.54) is 0 Å². The van der Waals surface area contributed by atoms with Crippen molar-refractivity contribution >= 4 is 28.9 Å². The number of amides is 1. The third-order valence-electron chi connectivity index (χ3n) is 6.25. The number of hydrogen-bond donors (Lipinski definition) is 0. The monoisotopic (exact) mass is 409 g/mol. The maximum Gasteiger partial charge on any atom is 0.320 e. The number of esters is 1. The van der Waals surface area contributed by atoms with Gasteiger partial charge in [-0.2, -0.15) is 0 Å². The molecule has 30 heavy (non-hydrogen) atoms. The number of allylic oxidation sites excluding steroid dienone is 2. The number of imidazole rings is 1. The highest BCUT2D eigenvalue weighted by Gasteiger charge is 2.49. The molecule has 0 saturated carbocycles. The summed E-state index contributed by atoms with van der Waals surface area (Å²) in [5.41, 5.74) is 1.83. The van der Waals surface area contributed by atoms with Crippen LogP contribution in [0.5, 0.6) is 0 Å². The number of anilines is 1. The SMILES string of the molecule is CCOC(=O)C1C(=O)N(CCC(C)C)c2nc3ccccc3n2C1C1CC=CCC1. The molecule has 3 unspecified atom stereocenters. The summed E-state index contributed by atoms with van der Waals surface area (Å²) in [7, 11) is 0. The molecule has 3 atom stereocenters. The van der Waals surface area contributed by atoms with E-state index in [4.69, 9.17) is 9.72 Å². The van der Waals surface area contributed by atoms with Crippen molar-refractivity contribution in [1.82, 2.24) is 9.55 Å². The molecule has 0 saturated heterocycles. The van der Waals surface area contributed by atoms with Crippen molar-refractivity contribution in [2.24, 2.45) is 17.8 Å². The number of ether oxygens (including phenoxy) is 1. The van der Waals surface area contributed by atoms with Gasteiger partial charge in [-0.25, -0.2) is 4.98 Å². The van der Waals surface area contributed by atoms with E-state index >= 15 is 0 Å². The molecular formula is C24H31N3O3. The minimum Gasteiger partial charge on any atom is -0.465 e. The maximum atomic E-state index is 13.7. The summed E-state index contributed by atoms with van der Waals surface area (Å²) in [4.78, 5) is 33.4. The summed E-state index contributed by atoms with van der Waals surface area (Å²) >= 11 is 0. The summed E-state index contributed by atoms with van der Waals surface area (Å²) in [6, 6.07) is 7.69. The molecule has 1 amide bonds. The number of benzene rings is 1. The predicted octanol–water partition coefficient (Wildman–Crippen LogP) is 4.51. The first-order chi connectivity index (χ1) is 14.5. The predicted molar refractivity (Wildman–Crippen MR) is 117 cm³/mol. The third kappa shape index (κ3) is 3.64. The molecule has 1 aliphatic heterocycles. The first-order valence-corrected chi connectivity index (χ1v) is 11.1. The number of carbonyl (C=O) groups is 2. The van der Waals surface area contributed by atoms with Crippen LogP contribution in [0.25, 0.3) is 11.0 Å². The number of carbonyl (C=O) groups excluding carboxylic acids is 2. The second-order valence-corrected chi connectivity index (χ2v) is 8.71. The summed E-state index contributed by atoms with van der Waals surface area (Å²) < 4.78 is 7.57. The standard InChI is InChI=1S/C24H31N3O3/c1-4-30-23(29)20-21(17-10-6-5-7-11-17)27-19-13-9-8-12-18(19)25-24(27)26(22(20)28)15-14-16(2)3/h5-6,8-9,12-13,16-17,20-21H,4,7,10-11,14-15H2,1-3H3. The van der Waals surface area contributed by atoms with Gasteiger partial charge in [-0.1, -0.05) is 38.1 Å². The van der Waals surface area contributed by atoms with Crippen molar-refractivity contribution in [3.05, 3.63) is 36.4 Å². The Kier molecular flexibility index (Phi) is 5.93. The lowest BCUT2D eigenvalue weighted by Crippen LogP contribution is -2.52. The van der Waals surface area contributed by atoms with E-state index in [1.54, 1.807) is 11.8 Å². The zero-order valence-electron chi connectivity index (χ0n) is 18.1. The number of fused-ring (bicyclic) bond motifs is 3. The third-order valence-corrected chi connectivity index (χ3v) is 6.25. The van der Waals surface area contributed by atoms with Crippen molar-refractivity contribution in [3.8, 4) is 0 Å². The summed E-state index contributed by atoms with van der Waals surface area (Å²) in [5.74, 6) is -0.119.